The second-order valence-corrected chi connectivity index (χ2v) is 7.02. The Labute approximate surface area is 164 Å². The van der Waals surface area contributed by atoms with Crippen molar-refractivity contribution < 1.29 is 27.9 Å². The number of aromatic nitrogens is 1. The third-order valence-electron chi connectivity index (χ3n) is 4.15. The van der Waals surface area contributed by atoms with Crippen LogP contribution in [0.15, 0.2) is 35.8 Å². The summed E-state index contributed by atoms with van der Waals surface area (Å²) < 4.78 is 37.9. The van der Waals surface area contributed by atoms with E-state index in [1.54, 1.807) is 11.3 Å². The number of alkyl halides is 3. The van der Waals surface area contributed by atoms with Crippen LogP contribution in [0.25, 0.3) is 0 Å². The molecule has 0 saturated carbocycles. The number of hydrogen-bond donors (Lipinski definition) is 1. The highest BCUT2D eigenvalue weighted by molar-refractivity contribution is 7.10. The van der Waals surface area contributed by atoms with Gasteiger partial charge in [0.2, 0.25) is 5.91 Å². The lowest BCUT2D eigenvalue weighted by Crippen LogP contribution is -2.36. The molecule has 6 nitrogen and oxygen atoms in total. The Morgan fingerprint density at radius 1 is 1.21 bits per heavy atom. The summed E-state index contributed by atoms with van der Waals surface area (Å²) in [5, 5.41) is 8.84. The number of halogens is 3. The summed E-state index contributed by atoms with van der Waals surface area (Å²) >= 11 is 1.56. The van der Waals surface area contributed by atoms with Gasteiger partial charge in [0, 0.05) is 37.3 Å². The Hall–Kier alpha value is -2.62. The maximum Gasteiger partial charge on any atom is 0.417 e. The molecule has 28 heavy (non-hydrogen) atoms. The fraction of sp³-hybridized carbons (Fsp3) is 0.389. The second-order valence-electron chi connectivity index (χ2n) is 5.99. The molecule has 0 radical (unpaired) electrons. The van der Waals surface area contributed by atoms with Gasteiger partial charge < -0.3 is 14.9 Å². The van der Waals surface area contributed by atoms with Gasteiger partial charge in [0.15, 0.2) is 0 Å². The molecule has 1 N–H and O–H groups in total. The molecule has 3 rings (SSSR count). The van der Waals surface area contributed by atoms with Crippen LogP contribution in [0.3, 0.4) is 0 Å². The maximum absolute atomic E-state index is 12.6. The van der Waals surface area contributed by atoms with Gasteiger partial charge in [0.1, 0.15) is 5.82 Å². The quantitative estimate of drug-likeness (QED) is 0.780. The van der Waals surface area contributed by atoms with Gasteiger partial charge in [-0.3, -0.25) is 9.59 Å². The van der Waals surface area contributed by atoms with Gasteiger partial charge >= 0.3 is 6.18 Å². The molecule has 1 aliphatic heterocycles. The van der Waals surface area contributed by atoms with Crippen LogP contribution in [-0.2, 0) is 22.2 Å². The topological polar surface area (TPSA) is 73.7 Å². The lowest BCUT2D eigenvalue weighted by Gasteiger charge is -2.23. The van der Waals surface area contributed by atoms with Crippen LogP contribution in [0, 0.1) is 0 Å². The summed E-state index contributed by atoms with van der Waals surface area (Å²) in [4.78, 5) is 29.5. The van der Waals surface area contributed by atoms with Crippen molar-refractivity contribution in [3.63, 3.8) is 0 Å². The van der Waals surface area contributed by atoms with E-state index in [1.165, 1.54) is 6.07 Å². The summed E-state index contributed by atoms with van der Waals surface area (Å²) in [5.74, 6) is 0.602. The average molecular weight is 415 g/mol. The normalized spacial score (nSPS) is 14.7. The highest BCUT2D eigenvalue weighted by Gasteiger charge is 2.31. The molecule has 0 aliphatic carbocycles. The molecule has 2 aromatic rings. The van der Waals surface area contributed by atoms with Gasteiger partial charge in [-0.2, -0.15) is 13.2 Å². The van der Waals surface area contributed by atoms with Gasteiger partial charge in [0.05, 0.1) is 12.0 Å². The first-order valence-corrected chi connectivity index (χ1v) is 9.39. The zero-order valence-electron chi connectivity index (χ0n) is 14.9. The van der Waals surface area contributed by atoms with E-state index in [9.17, 15) is 18.0 Å². The second kappa shape index (κ2) is 10.1. The van der Waals surface area contributed by atoms with Crippen LogP contribution in [0.5, 0.6) is 0 Å². The Balaban J connectivity index is 0.000000878. The van der Waals surface area contributed by atoms with Crippen molar-refractivity contribution in [3.8, 4) is 0 Å². The Bertz CT molecular complexity index is 752. The van der Waals surface area contributed by atoms with E-state index in [1.807, 2.05) is 27.3 Å². The van der Waals surface area contributed by atoms with Gasteiger partial charge in [-0.25, -0.2) is 4.98 Å². The average Bonchev–Trinajstić information content (AvgIpc) is 3.03. The third-order valence-corrected chi connectivity index (χ3v) is 5.03. The highest BCUT2D eigenvalue weighted by Crippen LogP contribution is 2.29. The SMILES string of the molecule is O=C(Cc1cccs1)N1CCCN(c2ccc(C(F)(F)F)cn2)CC1.O=CO. The van der Waals surface area contributed by atoms with E-state index in [0.29, 0.717) is 38.4 Å². The fourth-order valence-corrected chi connectivity index (χ4v) is 3.51. The van der Waals surface area contributed by atoms with Gasteiger partial charge in [-0.05, 0) is 30.0 Å². The number of rotatable bonds is 3. The number of amides is 1. The monoisotopic (exact) mass is 415 g/mol. The Kier molecular flexibility index (Phi) is 7.80. The number of thiophene rings is 1. The first-order chi connectivity index (χ1) is 13.3. The largest absolute Gasteiger partial charge is 0.483 e. The van der Waals surface area contributed by atoms with Gasteiger partial charge in [-0.1, -0.05) is 6.07 Å². The zero-order valence-corrected chi connectivity index (χ0v) is 15.7. The maximum atomic E-state index is 12.6. The number of hydrogen-bond acceptors (Lipinski definition) is 5. The number of nitrogens with zero attached hydrogens (tertiary/aromatic N) is 3. The molecule has 10 heteroatoms. The fourth-order valence-electron chi connectivity index (χ4n) is 2.81. The molecule has 0 unspecified atom stereocenters. The standard InChI is InChI=1S/C17H18F3N3OS.CH2O2/c18-17(19,20)13-4-5-15(21-12-13)22-6-2-7-23(9-8-22)16(24)11-14-3-1-10-25-14;2-1-3/h1,3-5,10,12H,2,6-9,11H2;1H,(H,2,3). The molecule has 152 valence electrons. The van der Waals surface area contributed by atoms with Crippen molar-refractivity contribution in [3.05, 3.63) is 46.3 Å². The summed E-state index contributed by atoms with van der Waals surface area (Å²) in [6.45, 7) is 2.18. The Morgan fingerprint density at radius 3 is 2.54 bits per heavy atom. The molecular weight excluding hydrogens is 395 g/mol. The van der Waals surface area contributed by atoms with E-state index < -0.39 is 11.7 Å². The van der Waals surface area contributed by atoms with Crippen LogP contribution >= 0.6 is 11.3 Å². The smallest absolute Gasteiger partial charge is 0.417 e. The van der Waals surface area contributed by atoms with Gasteiger partial charge in [0.25, 0.3) is 6.47 Å². The zero-order chi connectivity index (χ0) is 20.6. The molecule has 1 aliphatic rings. The van der Waals surface area contributed by atoms with Crippen molar-refractivity contribution >= 4 is 29.5 Å². The lowest BCUT2D eigenvalue weighted by atomic mass is 10.2. The summed E-state index contributed by atoms with van der Waals surface area (Å²) in [7, 11) is 0. The van der Waals surface area contributed by atoms with Crippen LogP contribution in [0.2, 0.25) is 0 Å². The van der Waals surface area contributed by atoms with Gasteiger partial charge in [-0.15, -0.1) is 11.3 Å². The van der Waals surface area contributed by atoms with Crippen LogP contribution in [0.4, 0.5) is 19.0 Å². The van der Waals surface area contributed by atoms with Crippen molar-refractivity contribution in [2.24, 2.45) is 0 Å². The molecule has 1 saturated heterocycles. The third kappa shape index (κ3) is 6.22. The number of carboxylic acid groups (broad SMARTS) is 1. The first kappa shape index (κ1) is 21.7. The molecule has 0 aromatic carbocycles. The number of carbonyl (C=O) groups excluding carboxylic acids is 1. The van der Waals surface area contributed by atoms with E-state index in [2.05, 4.69) is 4.98 Å². The predicted octanol–water partition coefficient (Wildman–Crippen LogP) is 3.14. The predicted molar refractivity (Wildman–Crippen MR) is 99.4 cm³/mol. The number of anilines is 1. The minimum Gasteiger partial charge on any atom is -0.483 e. The van der Waals surface area contributed by atoms with Crippen molar-refractivity contribution in [1.29, 1.82) is 0 Å². The molecule has 2 aromatic heterocycles. The minimum absolute atomic E-state index is 0.0877. The van der Waals surface area contributed by atoms with E-state index in [-0.39, 0.29) is 12.4 Å². The summed E-state index contributed by atoms with van der Waals surface area (Å²) in [6, 6.07) is 6.31. The van der Waals surface area contributed by atoms with E-state index in [4.69, 9.17) is 9.90 Å². The number of carbonyl (C=O) groups is 2. The molecular formula is C18H20F3N3O3S. The lowest BCUT2D eigenvalue weighted by molar-refractivity contribution is -0.137. The van der Waals surface area contributed by atoms with Crippen LogP contribution in [-0.4, -0.2) is 53.5 Å². The summed E-state index contributed by atoms with van der Waals surface area (Å²) in [6.07, 6.45) is -2.36. The van der Waals surface area contributed by atoms with Crippen LogP contribution in [0.1, 0.15) is 16.9 Å². The minimum atomic E-state index is -4.38. The molecule has 1 amide bonds. The van der Waals surface area contributed by atoms with Crippen molar-refractivity contribution in [2.75, 3.05) is 31.1 Å². The molecule has 0 atom stereocenters. The van der Waals surface area contributed by atoms with Crippen LogP contribution < -0.4 is 4.90 Å². The molecule has 0 bridgehead atoms. The van der Waals surface area contributed by atoms with E-state index >= 15 is 0 Å². The summed E-state index contributed by atoms with van der Waals surface area (Å²) in [5.41, 5.74) is -0.751. The molecule has 3 heterocycles. The first-order valence-electron chi connectivity index (χ1n) is 8.51. The number of pyridine rings is 1. The van der Waals surface area contributed by atoms with Crippen molar-refractivity contribution in [2.45, 2.75) is 19.0 Å². The molecule has 0 spiro atoms. The molecule has 1 fully saturated rings. The van der Waals surface area contributed by atoms with Crippen molar-refractivity contribution in [1.82, 2.24) is 9.88 Å². The Morgan fingerprint density at radius 2 is 1.96 bits per heavy atom. The van der Waals surface area contributed by atoms with E-state index in [0.717, 1.165) is 23.6 Å². The highest BCUT2D eigenvalue weighted by atomic mass is 32.1.